The summed E-state index contributed by atoms with van der Waals surface area (Å²) in [6.07, 6.45) is 6.61. The number of ether oxygens (including phenoxy) is 1. The predicted molar refractivity (Wildman–Crippen MR) is 96.4 cm³/mol. The zero-order valence-corrected chi connectivity index (χ0v) is 14.3. The van der Waals surface area contributed by atoms with Gasteiger partial charge in [0.25, 0.3) is 0 Å². The van der Waals surface area contributed by atoms with Crippen molar-refractivity contribution in [3.63, 3.8) is 0 Å². The largest absolute Gasteiger partial charge is 0.489 e. The van der Waals surface area contributed by atoms with Gasteiger partial charge in [0, 0.05) is 24.6 Å². The zero-order chi connectivity index (χ0) is 17.1. The summed E-state index contributed by atoms with van der Waals surface area (Å²) in [7, 11) is 0. The number of amides is 1. The van der Waals surface area contributed by atoms with Gasteiger partial charge in [0.15, 0.2) is 0 Å². The van der Waals surface area contributed by atoms with Crippen molar-refractivity contribution in [1.82, 2.24) is 9.88 Å². The summed E-state index contributed by atoms with van der Waals surface area (Å²) in [5.41, 5.74) is 1.73. The Morgan fingerprint density at radius 3 is 2.72 bits per heavy atom. The Hall–Kier alpha value is -2.40. The van der Waals surface area contributed by atoms with Crippen LogP contribution in [0.15, 0.2) is 48.8 Å². The molecule has 2 aliphatic rings. The van der Waals surface area contributed by atoms with Gasteiger partial charge in [-0.25, -0.2) is 0 Å². The fraction of sp³-hybridized carbons (Fsp3) is 0.400. The molecular weight excluding hydrogens is 314 g/mol. The van der Waals surface area contributed by atoms with Crippen LogP contribution in [0.3, 0.4) is 0 Å². The highest BCUT2D eigenvalue weighted by atomic mass is 16.5. The maximum Gasteiger partial charge on any atom is 0.231 e. The Kier molecular flexibility index (Phi) is 4.40. The number of hydrogen-bond acceptors (Lipinski definition) is 4. The lowest BCUT2D eigenvalue weighted by Crippen LogP contribution is -2.42. The van der Waals surface area contributed by atoms with Crippen LogP contribution >= 0.6 is 0 Å². The zero-order valence-electron chi connectivity index (χ0n) is 14.3. The lowest BCUT2D eigenvalue weighted by Gasteiger charge is -2.32. The Balaban J connectivity index is 1.35. The number of hydrogen-bond donors (Lipinski definition) is 1. The summed E-state index contributed by atoms with van der Waals surface area (Å²) in [6.45, 7) is 3.60. The van der Waals surface area contributed by atoms with Gasteiger partial charge in [0.1, 0.15) is 12.4 Å². The Bertz CT molecular complexity index is 728. The number of pyridine rings is 1. The number of carbonyl (C=O) groups excluding carboxylic acids is 1. The summed E-state index contributed by atoms with van der Waals surface area (Å²) < 4.78 is 5.77. The van der Waals surface area contributed by atoms with E-state index in [1.54, 1.807) is 12.4 Å². The normalized spacial score (nSPS) is 24.7. The number of aromatic nitrogens is 1. The first kappa shape index (κ1) is 16.1. The average molecular weight is 337 g/mol. The molecule has 130 valence electrons. The van der Waals surface area contributed by atoms with Crippen LogP contribution in [0.1, 0.15) is 24.8 Å². The minimum Gasteiger partial charge on any atom is -0.489 e. The molecule has 2 atom stereocenters. The van der Waals surface area contributed by atoms with Crippen LogP contribution in [0, 0.1) is 5.41 Å². The van der Waals surface area contributed by atoms with Gasteiger partial charge < -0.3 is 15.0 Å². The molecule has 0 aliphatic carbocycles. The molecule has 5 nitrogen and oxygen atoms in total. The van der Waals surface area contributed by atoms with Crippen LogP contribution < -0.4 is 10.1 Å². The lowest BCUT2D eigenvalue weighted by atomic mass is 9.80. The molecule has 0 radical (unpaired) electrons. The minimum absolute atomic E-state index is 0.167. The van der Waals surface area contributed by atoms with E-state index in [9.17, 15) is 4.79 Å². The molecule has 1 N–H and O–H groups in total. The average Bonchev–Trinajstić information content (AvgIpc) is 2.97. The quantitative estimate of drug-likeness (QED) is 0.911. The van der Waals surface area contributed by atoms with Crippen LogP contribution in [0.4, 0.5) is 5.69 Å². The van der Waals surface area contributed by atoms with E-state index in [-0.39, 0.29) is 11.3 Å². The van der Waals surface area contributed by atoms with E-state index in [0.29, 0.717) is 6.61 Å². The van der Waals surface area contributed by atoms with Crippen molar-refractivity contribution >= 4 is 11.6 Å². The van der Waals surface area contributed by atoms with Crippen molar-refractivity contribution in [3.05, 3.63) is 54.4 Å². The van der Waals surface area contributed by atoms with Crippen LogP contribution in [0.5, 0.6) is 5.75 Å². The maximum absolute atomic E-state index is 12.8. The van der Waals surface area contributed by atoms with E-state index in [1.807, 2.05) is 36.4 Å². The second-order valence-electron chi connectivity index (χ2n) is 7.03. The number of fused-ring (bicyclic) bond motifs is 2. The SMILES string of the molecule is O=C(Nc1ccc(OCc2ccncc2)cc1)C12CCCN(CC1)C2. The smallest absolute Gasteiger partial charge is 0.231 e. The summed E-state index contributed by atoms with van der Waals surface area (Å²) in [4.78, 5) is 19.2. The number of carbonyl (C=O) groups is 1. The minimum atomic E-state index is -0.186. The van der Waals surface area contributed by atoms with Gasteiger partial charge >= 0.3 is 0 Å². The first-order valence-electron chi connectivity index (χ1n) is 8.89. The summed E-state index contributed by atoms with van der Waals surface area (Å²) in [5.74, 6) is 0.956. The molecule has 0 saturated carbocycles. The predicted octanol–water partition coefficient (Wildman–Crippen LogP) is 3.09. The number of piperidine rings is 1. The van der Waals surface area contributed by atoms with Gasteiger partial charge in [-0.1, -0.05) is 0 Å². The van der Waals surface area contributed by atoms with Crippen LogP contribution in [0.2, 0.25) is 0 Å². The third-order valence-corrected chi connectivity index (χ3v) is 5.31. The van der Waals surface area contributed by atoms with E-state index in [4.69, 9.17) is 4.74 Å². The molecule has 2 bridgehead atoms. The van der Waals surface area contributed by atoms with Crippen molar-refractivity contribution in [3.8, 4) is 5.75 Å². The highest BCUT2D eigenvalue weighted by Crippen LogP contribution is 2.40. The van der Waals surface area contributed by atoms with E-state index >= 15 is 0 Å². The van der Waals surface area contributed by atoms with Gasteiger partial charge in [-0.2, -0.15) is 0 Å². The van der Waals surface area contributed by atoms with Crippen molar-refractivity contribution in [2.75, 3.05) is 25.0 Å². The van der Waals surface area contributed by atoms with Crippen molar-refractivity contribution < 1.29 is 9.53 Å². The topological polar surface area (TPSA) is 54.5 Å². The van der Waals surface area contributed by atoms with Gasteiger partial charge in [0.05, 0.1) is 5.41 Å². The number of nitrogens with zero attached hydrogens (tertiary/aromatic N) is 2. The van der Waals surface area contributed by atoms with E-state index in [1.165, 1.54) is 0 Å². The van der Waals surface area contributed by atoms with E-state index in [2.05, 4.69) is 15.2 Å². The molecule has 2 saturated heterocycles. The Morgan fingerprint density at radius 1 is 1.12 bits per heavy atom. The third kappa shape index (κ3) is 3.51. The summed E-state index contributed by atoms with van der Waals surface area (Å²) in [6, 6.07) is 11.5. The first-order chi connectivity index (χ1) is 12.2. The molecule has 2 unspecified atom stereocenters. The fourth-order valence-corrected chi connectivity index (χ4v) is 3.84. The molecule has 1 aromatic heterocycles. The Morgan fingerprint density at radius 2 is 1.92 bits per heavy atom. The Labute approximate surface area is 148 Å². The van der Waals surface area contributed by atoms with Crippen molar-refractivity contribution in [1.29, 1.82) is 0 Å². The molecule has 2 aromatic rings. The summed E-state index contributed by atoms with van der Waals surface area (Å²) in [5, 5.41) is 3.10. The first-order valence-corrected chi connectivity index (χ1v) is 8.89. The molecule has 2 fully saturated rings. The summed E-state index contributed by atoms with van der Waals surface area (Å²) >= 11 is 0. The maximum atomic E-state index is 12.8. The van der Waals surface area contributed by atoms with Crippen LogP contribution in [0.25, 0.3) is 0 Å². The number of benzene rings is 1. The second kappa shape index (κ2) is 6.84. The van der Waals surface area contributed by atoms with Crippen LogP contribution in [-0.4, -0.2) is 35.4 Å². The molecule has 1 aromatic carbocycles. The van der Waals surface area contributed by atoms with Crippen LogP contribution in [-0.2, 0) is 11.4 Å². The van der Waals surface area contributed by atoms with Gasteiger partial charge in [-0.05, 0) is 74.3 Å². The number of nitrogens with one attached hydrogen (secondary N) is 1. The third-order valence-electron chi connectivity index (χ3n) is 5.31. The standard InChI is InChI=1S/C20H23N3O2/c24-19(20-8-1-12-23(15-20)13-9-20)22-17-2-4-18(5-3-17)25-14-16-6-10-21-11-7-16/h2-7,10-11H,1,8-9,12-15H2,(H,22,24). The molecular formula is C20H23N3O2. The highest BCUT2D eigenvalue weighted by Gasteiger charge is 2.46. The van der Waals surface area contributed by atoms with Crippen molar-refractivity contribution in [2.24, 2.45) is 5.41 Å². The molecule has 1 amide bonds. The van der Waals surface area contributed by atoms with Gasteiger partial charge in [0.2, 0.25) is 5.91 Å². The second-order valence-corrected chi connectivity index (χ2v) is 7.03. The van der Waals surface area contributed by atoms with E-state index in [0.717, 1.165) is 55.9 Å². The molecule has 3 heterocycles. The van der Waals surface area contributed by atoms with Crippen molar-refractivity contribution in [2.45, 2.75) is 25.9 Å². The number of rotatable bonds is 5. The molecule has 2 aliphatic heterocycles. The highest BCUT2D eigenvalue weighted by molar-refractivity contribution is 5.95. The lowest BCUT2D eigenvalue weighted by molar-refractivity contribution is -0.126. The fourth-order valence-electron chi connectivity index (χ4n) is 3.84. The molecule has 5 heteroatoms. The van der Waals surface area contributed by atoms with Gasteiger partial charge in [-0.15, -0.1) is 0 Å². The van der Waals surface area contributed by atoms with Gasteiger partial charge in [-0.3, -0.25) is 9.78 Å². The molecule has 4 rings (SSSR count). The molecule has 25 heavy (non-hydrogen) atoms. The monoisotopic (exact) mass is 337 g/mol. The van der Waals surface area contributed by atoms with E-state index < -0.39 is 0 Å². The molecule has 0 spiro atoms. The number of anilines is 1.